The van der Waals surface area contributed by atoms with Gasteiger partial charge in [-0.25, -0.2) is 4.98 Å². The van der Waals surface area contributed by atoms with Crippen molar-refractivity contribution < 1.29 is 4.79 Å². The Labute approximate surface area is 114 Å². The average molecular weight is 281 g/mol. The van der Waals surface area contributed by atoms with Gasteiger partial charge in [0.25, 0.3) is 0 Å². The molecular weight excluding hydrogens is 266 g/mol. The van der Waals surface area contributed by atoms with E-state index in [0.29, 0.717) is 11.0 Å². The highest BCUT2D eigenvalue weighted by atomic mass is 32.1. The third-order valence-electron chi connectivity index (χ3n) is 2.48. The van der Waals surface area contributed by atoms with E-state index in [4.69, 9.17) is 5.73 Å². The van der Waals surface area contributed by atoms with Gasteiger partial charge < -0.3 is 11.1 Å². The molecule has 0 fully saturated rings. The number of nitrogens with two attached hydrogens (primary N) is 1. The molecule has 1 atom stereocenters. The Kier molecular flexibility index (Phi) is 4.11. The van der Waals surface area contributed by atoms with E-state index < -0.39 is 6.04 Å². The number of carbonyl (C=O) groups is 1. The van der Waals surface area contributed by atoms with Crippen molar-refractivity contribution in [3.63, 3.8) is 0 Å². The van der Waals surface area contributed by atoms with E-state index in [9.17, 15) is 4.79 Å². The summed E-state index contributed by atoms with van der Waals surface area (Å²) >= 11 is 2.90. The zero-order chi connectivity index (χ0) is 13.1. The molecule has 2 rings (SSSR count). The molecule has 0 saturated heterocycles. The normalized spacial score (nSPS) is 12.7. The fourth-order valence-electron chi connectivity index (χ4n) is 1.39. The summed E-state index contributed by atoms with van der Waals surface area (Å²) in [5, 5.41) is 7.22. The fraction of sp³-hybridized carbons (Fsp3) is 0.333. The van der Waals surface area contributed by atoms with Crippen LogP contribution in [-0.2, 0) is 4.79 Å². The molecule has 0 aliphatic heterocycles. The van der Waals surface area contributed by atoms with Crippen LogP contribution in [0.15, 0.2) is 22.9 Å². The minimum atomic E-state index is -0.628. The second-order valence-corrected chi connectivity index (χ2v) is 6.05. The smallest absolute Gasteiger partial charge is 0.248 e. The summed E-state index contributed by atoms with van der Waals surface area (Å²) in [5.41, 5.74) is 6.86. The first kappa shape index (κ1) is 13.2. The lowest BCUT2D eigenvalue weighted by Gasteiger charge is -2.08. The Morgan fingerprint density at radius 3 is 2.78 bits per heavy atom. The number of anilines is 1. The molecule has 96 valence electrons. The molecule has 0 aliphatic rings. The summed E-state index contributed by atoms with van der Waals surface area (Å²) in [6.07, 6.45) is 0. The molecular formula is C12H15N3OS2. The number of nitrogens with zero attached hydrogens (tertiary/aromatic N) is 1. The summed E-state index contributed by atoms with van der Waals surface area (Å²) in [6.45, 7) is 4.13. The number of carbonyl (C=O) groups excluding carboxylic acids is 1. The molecule has 0 saturated carbocycles. The van der Waals surface area contributed by atoms with Crippen molar-refractivity contribution in [3.8, 4) is 0 Å². The second kappa shape index (κ2) is 5.60. The van der Waals surface area contributed by atoms with Crippen LogP contribution in [0.2, 0.25) is 0 Å². The van der Waals surface area contributed by atoms with Crippen molar-refractivity contribution in [1.82, 2.24) is 4.98 Å². The van der Waals surface area contributed by atoms with Gasteiger partial charge in [0.05, 0.1) is 5.69 Å². The summed E-state index contributed by atoms with van der Waals surface area (Å²) in [4.78, 5) is 17.1. The summed E-state index contributed by atoms with van der Waals surface area (Å²) in [7, 11) is 0. The predicted octanol–water partition coefficient (Wildman–Crippen LogP) is 2.97. The third-order valence-corrected chi connectivity index (χ3v) is 4.21. The number of rotatable bonds is 4. The minimum Gasteiger partial charge on any atom is -0.316 e. The van der Waals surface area contributed by atoms with E-state index in [1.165, 1.54) is 22.7 Å². The molecule has 0 spiro atoms. The Balaban J connectivity index is 2.02. The lowest BCUT2D eigenvalue weighted by molar-refractivity contribution is -0.117. The minimum absolute atomic E-state index is 0.220. The number of nitrogens with one attached hydrogen (secondary N) is 1. The van der Waals surface area contributed by atoms with E-state index in [0.717, 1.165) is 10.6 Å². The van der Waals surface area contributed by atoms with Gasteiger partial charge in [-0.15, -0.1) is 22.7 Å². The highest BCUT2D eigenvalue weighted by Gasteiger charge is 2.18. The predicted molar refractivity (Wildman–Crippen MR) is 76.1 cm³/mol. The van der Waals surface area contributed by atoms with E-state index in [1.807, 2.05) is 22.9 Å². The van der Waals surface area contributed by atoms with Crippen molar-refractivity contribution in [3.05, 3.63) is 33.5 Å². The number of hydrogen-bond donors (Lipinski definition) is 2. The number of amides is 1. The highest BCUT2D eigenvalue weighted by molar-refractivity contribution is 7.14. The number of thiazole rings is 1. The maximum absolute atomic E-state index is 11.9. The molecule has 0 bridgehead atoms. The van der Waals surface area contributed by atoms with Gasteiger partial charge in [-0.05, 0) is 17.4 Å². The molecule has 1 amide bonds. The van der Waals surface area contributed by atoms with Crippen LogP contribution in [0.5, 0.6) is 0 Å². The quantitative estimate of drug-likeness (QED) is 0.905. The van der Waals surface area contributed by atoms with Crippen LogP contribution in [0.1, 0.15) is 36.4 Å². The first-order chi connectivity index (χ1) is 8.58. The van der Waals surface area contributed by atoms with Crippen LogP contribution in [0.3, 0.4) is 0 Å². The molecule has 0 aromatic carbocycles. The van der Waals surface area contributed by atoms with Crippen molar-refractivity contribution >= 4 is 33.7 Å². The van der Waals surface area contributed by atoms with Crippen LogP contribution in [0.4, 0.5) is 5.13 Å². The number of thiophene rings is 1. The van der Waals surface area contributed by atoms with E-state index >= 15 is 0 Å². The van der Waals surface area contributed by atoms with Crippen molar-refractivity contribution in [2.45, 2.75) is 25.8 Å². The Bertz CT molecular complexity index is 519. The van der Waals surface area contributed by atoms with Gasteiger partial charge in [-0.3, -0.25) is 4.79 Å². The lowest BCUT2D eigenvalue weighted by atomic mass is 10.2. The fourth-order valence-corrected chi connectivity index (χ4v) is 2.99. The topological polar surface area (TPSA) is 68.0 Å². The molecule has 2 heterocycles. The van der Waals surface area contributed by atoms with Crippen LogP contribution in [0.25, 0.3) is 0 Å². The standard InChI is InChI=1S/C12H15N3OS2/c1-7(2)8-6-18-12(14-8)15-11(16)10(13)9-4-3-5-17-9/h3-7,10H,13H2,1-2H3,(H,14,15,16). The molecule has 4 nitrogen and oxygen atoms in total. The van der Waals surface area contributed by atoms with Gasteiger partial charge in [-0.1, -0.05) is 19.9 Å². The SMILES string of the molecule is CC(C)c1csc(NC(=O)C(N)c2cccs2)n1. The first-order valence-corrected chi connectivity index (χ1v) is 7.39. The zero-order valence-electron chi connectivity index (χ0n) is 10.2. The Morgan fingerprint density at radius 1 is 1.44 bits per heavy atom. The number of hydrogen-bond acceptors (Lipinski definition) is 5. The highest BCUT2D eigenvalue weighted by Crippen LogP contribution is 2.23. The molecule has 2 aromatic heterocycles. The summed E-state index contributed by atoms with van der Waals surface area (Å²) in [5.74, 6) is 0.139. The van der Waals surface area contributed by atoms with Crippen molar-refractivity contribution in [2.24, 2.45) is 5.73 Å². The molecule has 1 unspecified atom stereocenters. The molecule has 0 radical (unpaired) electrons. The lowest BCUT2D eigenvalue weighted by Crippen LogP contribution is -2.26. The Morgan fingerprint density at radius 2 is 2.22 bits per heavy atom. The van der Waals surface area contributed by atoms with E-state index in [1.54, 1.807) is 0 Å². The van der Waals surface area contributed by atoms with Crippen LogP contribution in [-0.4, -0.2) is 10.9 Å². The van der Waals surface area contributed by atoms with Crippen LogP contribution < -0.4 is 11.1 Å². The largest absolute Gasteiger partial charge is 0.316 e. The molecule has 6 heteroatoms. The van der Waals surface area contributed by atoms with Crippen LogP contribution in [0, 0.1) is 0 Å². The molecule has 2 aromatic rings. The van der Waals surface area contributed by atoms with Gasteiger partial charge in [-0.2, -0.15) is 0 Å². The van der Waals surface area contributed by atoms with Crippen molar-refractivity contribution in [1.29, 1.82) is 0 Å². The van der Waals surface area contributed by atoms with E-state index in [-0.39, 0.29) is 5.91 Å². The summed E-state index contributed by atoms with van der Waals surface area (Å²) < 4.78 is 0. The maximum Gasteiger partial charge on any atom is 0.248 e. The van der Waals surface area contributed by atoms with Gasteiger partial charge >= 0.3 is 0 Å². The number of aromatic nitrogens is 1. The Hall–Kier alpha value is -1.24. The molecule has 18 heavy (non-hydrogen) atoms. The second-order valence-electron chi connectivity index (χ2n) is 4.21. The van der Waals surface area contributed by atoms with E-state index in [2.05, 4.69) is 24.1 Å². The van der Waals surface area contributed by atoms with Crippen molar-refractivity contribution in [2.75, 3.05) is 5.32 Å². The van der Waals surface area contributed by atoms with Gasteiger partial charge in [0.15, 0.2) is 5.13 Å². The maximum atomic E-state index is 11.9. The average Bonchev–Trinajstić information content (AvgIpc) is 2.98. The molecule has 0 aliphatic carbocycles. The van der Waals surface area contributed by atoms with Crippen LogP contribution >= 0.6 is 22.7 Å². The molecule has 3 N–H and O–H groups in total. The zero-order valence-corrected chi connectivity index (χ0v) is 11.8. The monoisotopic (exact) mass is 281 g/mol. The summed E-state index contributed by atoms with van der Waals surface area (Å²) in [6, 6.07) is 3.11. The third kappa shape index (κ3) is 2.95. The van der Waals surface area contributed by atoms with Gasteiger partial charge in [0.2, 0.25) is 5.91 Å². The van der Waals surface area contributed by atoms with Gasteiger partial charge in [0.1, 0.15) is 6.04 Å². The first-order valence-electron chi connectivity index (χ1n) is 5.63. The van der Waals surface area contributed by atoms with Gasteiger partial charge in [0, 0.05) is 10.3 Å².